The Morgan fingerprint density at radius 2 is 1.96 bits per heavy atom. The Labute approximate surface area is 133 Å². The zero-order chi connectivity index (χ0) is 16.3. The number of para-hydroxylation sites is 1. The molecule has 5 heteroatoms. The maximum Gasteiger partial charge on any atom is 0.165 e. The highest BCUT2D eigenvalue weighted by Crippen LogP contribution is 2.36. The summed E-state index contributed by atoms with van der Waals surface area (Å²) in [5, 5.41) is 12.2. The van der Waals surface area contributed by atoms with Gasteiger partial charge in [0.2, 0.25) is 0 Å². The topological polar surface area (TPSA) is 45.0 Å². The van der Waals surface area contributed by atoms with Crippen molar-refractivity contribution in [3.05, 3.63) is 59.9 Å². The van der Waals surface area contributed by atoms with Crippen LogP contribution in [0.2, 0.25) is 0 Å². The quantitative estimate of drug-likeness (QED) is 0.925. The molecule has 2 aromatic carbocycles. The van der Waals surface area contributed by atoms with Crippen molar-refractivity contribution in [3.8, 4) is 17.6 Å². The van der Waals surface area contributed by atoms with E-state index in [0.717, 1.165) is 5.56 Å². The zero-order valence-corrected chi connectivity index (χ0v) is 12.4. The first-order valence-corrected chi connectivity index (χ1v) is 7.42. The summed E-state index contributed by atoms with van der Waals surface area (Å²) in [6, 6.07) is 15.3. The Hall–Kier alpha value is -2.45. The maximum absolute atomic E-state index is 13.6. The Morgan fingerprint density at radius 3 is 2.57 bits per heavy atom. The first kappa shape index (κ1) is 15.4. The molecule has 0 aromatic heterocycles. The van der Waals surface area contributed by atoms with Crippen LogP contribution in [0.4, 0.5) is 8.78 Å². The van der Waals surface area contributed by atoms with E-state index in [-0.39, 0.29) is 25.1 Å². The molecule has 1 saturated heterocycles. The van der Waals surface area contributed by atoms with E-state index < -0.39 is 17.5 Å². The van der Waals surface area contributed by atoms with E-state index in [1.54, 1.807) is 42.5 Å². The van der Waals surface area contributed by atoms with Gasteiger partial charge >= 0.3 is 0 Å². The van der Waals surface area contributed by atoms with E-state index in [0.29, 0.717) is 5.75 Å². The van der Waals surface area contributed by atoms with Gasteiger partial charge in [-0.15, -0.1) is 0 Å². The normalized spacial score (nSPS) is 23.4. The summed E-state index contributed by atoms with van der Waals surface area (Å²) in [7, 11) is 0. The van der Waals surface area contributed by atoms with Crippen LogP contribution < -0.4 is 10.1 Å². The van der Waals surface area contributed by atoms with Crippen molar-refractivity contribution in [2.24, 2.45) is 0 Å². The van der Waals surface area contributed by atoms with Gasteiger partial charge in [-0.25, -0.2) is 8.78 Å². The number of nitrogens with one attached hydrogen (secondary N) is 1. The molecule has 0 bridgehead atoms. The first-order chi connectivity index (χ1) is 11.1. The number of hydrogen-bond donors (Lipinski definition) is 1. The first-order valence-electron chi connectivity index (χ1n) is 7.42. The molecule has 0 amide bonds. The maximum atomic E-state index is 13.6. The molecule has 1 heterocycles. The lowest BCUT2D eigenvalue weighted by Gasteiger charge is -2.27. The minimum atomic E-state index is -0.960. The number of hydrogen-bond acceptors (Lipinski definition) is 3. The van der Waals surface area contributed by atoms with Crippen LogP contribution in [-0.4, -0.2) is 12.7 Å². The number of nitrogens with zero attached hydrogens (tertiary/aromatic N) is 1. The number of alkyl halides is 1. The second-order valence-electron chi connectivity index (χ2n) is 5.66. The summed E-state index contributed by atoms with van der Waals surface area (Å²) in [5.41, 5.74) is 0.171. The van der Waals surface area contributed by atoms with E-state index in [9.17, 15) is 8.78 Å². The fraction of sp³-hybridized carbons (Fsp3) is 0.278. The predicted molar refractivity (Wildman–Crippen MR) is 82.3 cm³/mol. The molecule has 3 nitrogen and oxygen atoms in total. The summed E-state index contributed by atoms with van der Waals surface area (Å²) in [6.07, 6.45) is -0.493. The molecule has 1 fully saturated rings. The van der Waals surface area contributed by atoms with Gasteiger partial charge in [-0.05, 0) is 29.8 Å². The second kappa shape index (κ2) is 6.35. The van der Waals surface area contributed by atoms with Gasteiger partial charge < -0.3 is 10.1 Å². The van der Waals surface area contributed by atoms with Gasteiger partial charge in [-0.1, -0.05) is 24.3 Å². The Kier molecular flexibility index (Phi) is 4.26. The highest BCUT2D eigenvalue weighted by atomic mass is 19.1. The van der Waals surface area contributed by atoms with Crippen LogP contribution in [0, 0.1) is 17.1 Å². The molecule has 0 unspecified atom stereocenters. The van der Waals surface area contributed by atoms with E-state index in [4.69, 9.17) is 10.00 Å². The van der Waals surface area contributed by atoms with Crippen LogP contribution in [0.1, 0.15) is 18.4 Å². The van der Waals surface area contributed by atoms with Crippen LogP contribution >= 0.6 is 0 Å². The molecule has 2 aromatic rings. The van der Waals surface area contributed by atoms with Crippen LogP contribution in [-0.2, 0) is 5.54 Å². The van der Waals surface area contributed by atoms with Crippen LogP contribution in [0.25, 0.3) is 0 Å². The molecular formula is C18H16F2N2O. The fourth-order valence-electron chi connectivity index (χ4n) is 2.92. The van der Waals surface area contributed by atoms with E-state index in [1.165, 1.54) is 6.07 Å². The molecule has 0 spiro atoms. The zero-order valence-electron chi connectivity index (χ0n) is 12.4. The third-order valence-electron chi connectivity index (χ3n) is 4.08. The SMILES string of the molecule is N#CC[C@]1(c2ccc(Oc3ccccc3F)cc2)C[C@H](F)CN1. The van der Waals surface area contributed by atoms with Crippen molar-refractivity contribution in [1.29, 1.82) is 5.26 Å². The Balaban J connectivity index is 1.82. The molecule has 3 rings (SSSR count). The van der Waals surface area contributed by atoms with Gasteiger partial charge in [0.15, 0.2) is 11.6 Å². The predicted octanol–water partition coefficient (Wildman–Crippen LogP) is 4.06. The average Bonchev–Trinajstić information content (AvgIpc) is 2.93. The second-order valence-corrected chi connectivity index (χ2v) is 5.66. The monoisotopic (exact) mass is 314 g/mol. The third-order valence-corrected chi connectivity index (χ3v) is 4.08. The smallest absolute Gasteiger partial charge is 0.165 e. The summed E-state index contributed by atoms with van der Waals surface area (Å²) < 4.78 is 32.7. The summed E-state index contributed by atoms with van der Waals surface area (Å²) in [5.74, 6) is 0.200. The van der Waals surface area contributed by atoms with Gasteiger partial charge in [0.1, 0.15) is 11.9 Å². The minimum Gasteiger partial charge on any atom is -0.454 e. The highest BCUT2D eigenvalue weighted by Gasteiger charge is 2.40. The lowest BCUT2D eigenvalue weighted by molar-refractivity contribution is 0.323. The average molecular weight is 314 g/mol. The number of benzene rings is 2. The van der Waals surface area contributed by atoms with Crippen LogP contribution in [0.3, 0.4) is 0 Å². The molecule has 1 N–H and O–H groups in total. The molecule has 1 aliphatic heterocycles. The number of nitriles is 1. The molecule has 0 saturated carbocycles. The summed E-state index contributed by atoms with van der Waals surface area (Å²) in [4.78, 5) is 0. The van der Waals surface area contributed by atoms with Crippen LogP contribution in [0.5, 0.6) is 11.5 Å². The Bertz CT molecular complexity index is 727. The van der Waals surface area contributed by atoms with E-state index in [1.807, 2.05) is 0 Å². The fourth-order valence-corrected chi connectivity index (χ4v) is 2.92. The van der Waals surface area contributed by atoms with Gasteiger partial charge in [0.25, 0.3) is 0 Å². The van der Waals surface area contributed by atoms with Gasteiger partial charge in [-0.2, -0.15) is 5.26 Å². The molecule has 2 atom stereocenters. The van der Waals surface area contributed by atoms with Crippen molar-refractivity contribution in [3.63, 3.8) is 0 Å². The van der Waals surface area contributed by atoms with Crippen molar-refractivity contribution in [1.82, 2.24) is 5.32 Å². The molecule has 0 aliphatic carbocycles. The number of rotatable bonds is 4. The van der Waals surface area contributed by atoms with Gasteiger partial charge in [-0.3, -0.25) is 0 Å². The van der Waals surface area contributed by atoms with Gasteiger partial charge in [0.05, 0.1) is 18.0 Å². The Morgan fingerprint density at radius 1 is 1.22 bits per heavy atom. The van der Waals surface area contributed by atoms with Crippen molar-refractivity contribution >= 4 is 0 Å². The highest BCUT2D eigenvalue weighted by molar-refractivity contribution is 5.37. The largest absolute Gasteiger partial charge is 0.454 e. The van der Waals surface area contributed by atoms with E-state index in [2.05, 4.69) is 11.4 Å². The van der Waals surface area contributed by atoms with E-state index >= 15 is 0 Å². The van der Waals surface area contributed by atoms with Crippen molar-refractivity contribution in [2.75, 3.05) is 6.54 Å². The van der Waals surface area contributed by atoms with Crippen molar-refractivity contribution < 1.29 is 13.5 Å². The van der Waals surface area contributed by atoms with Crippen molar-refractivity contribution in [2.45, 2.75) is 24.6 Å². The van der Waals surface area contributed by atoms with Crippen LogP contribution in [0.15, 0.2) is 48.5 Å². The lowest BCUT2D eigenvalue weighted by atomic mass is 9.85. The molecule has 0 radical (unpaired) electrons. The minimum absolute atomic E-state index is 0.148. The molecule has 23 heavy (non-hydrogen) atoms. The van der Waals surface area contributed by atoms with Gasteiger partial charge in [0, 0.05) is 13.0 Å². The number of ether oxygens (including phenoxy) is 1. The third kappa shape index (κ3) is 3.17. The summed E-state index contributed by atoms with van der Waals surface area (Å²) >= 11 is 0. The summed E-state index contributed by atoms with van der Waals surface area (Å²) in [6.45, 7) is 0.245. The molecule has 118 valence electrons. The lowest BCUT2D eigenvalue weighted by Crippen LogP contribution is -2.36. The molecular weight excluding hydrogens is 298 g/mol. The standard InChI is InChI=1S/C18H16F2N2O/c19-14-11-18(9-10-21,22-12-14)13-5-7-15(8-6-13)23-17-4-2-1-3-16(17)20/h1-8,14,22H,9,11-12H2/t14-,18+/m0/s1. The number of halogens is 2. The molecule has 1 aliphatic rings.